The quantitative estimate of drug-likeness (QED) is 0.896. The summed E-state index contributed by atoms with van der Waals surface area (Å²) in [5, 5.41) is 6.74. The van der Waals surface area contributed by atoms with E-state index in [0.717, 1.165) is 47.4 Å². The van der Waals surface area contributed by atoms with Gasteiger partial charge < -0.3 is 14.6 Å². The Morgan fingerprint density at radius 3 is 2.96 bits per heavy atom. The number of benzene rings is 1. The summed E-state index contributed by atoms with van der Waals surface area (Å²) in [5.41, 5.74) is 4.12. The van der Waals surface area contributed by atoms with Crippen LogP contribution >= 0.6 is 0 Å². The Kier molecular flexibility index (Phi) is 4.59. The second-order valence-electron chi connectivity index (χ2n) is 7.39. The summed E-state index contributed by atoms with van der Waals surface area (Å²) in [6, 6.07) is 5.93. The predicted molar refractivity (Wildman–Crippen MR) is 99.4 cm³/mol. The molecular weight excluding hydrogens is 346 g/mol. The van der Waals surface area contributed by atoms with Gasteiger partial charge in [-0.1, -0.05) is 19.0 Å². The van der Waals surface area contributed by atoms with Crippen LogP contribution in [0.1, 0.15) is 31.4 Å². The van der Waals surface area contributed by atoms with E-state index in [1.165, 1.54) is 0 Å². The van der Waals surface area contributed by atoms with Gasteiger partial charge in [0.15, 0.2) is 5.76 Å². The third-order valence-corrected chi connectivity index (χ3v) is 5.08. The number of ether oxygens (including phenoxy) is 1. The van der Waals surface area contributed by atoms with Crippen LogP contribution in [0.5, 0.6) is 0 Å². The summed E-state index contributed by atoms with van der Waals surface area (Å²) in [6.45, 7) is 4.41. The lowest BCUT2D eigenvalue weighted by molar-refractivity contribution is -0.124. The molecule has 1 aromatic carbocycles. The molecule has 1 N–H and O–H groups in total. The van der Waals surface area contributed by atoms with Gasteiger partial charge in [-0.2, -0.15) is 0 Å². The molecule has 1 fully saturated rings. The molecule has 1 saturated heterocycles. The lowest BCUT2D eigenvalue weighted by atomic mass is 10.0. The third kappa shape index (κ3) is 3.41. The van der Waals surface area contributed by atoms with Crippen LogP contribution < -0.4 is 10.2 Å². The van der Waals surface area contributed by atoms with Gasteiger partial charge in [0.25, 0.3) is 0 Å². The number of aromatic nitrogens is 1. The molecule has 2 heterocycles. The van der Waals surface area contributed by atoms with Crippen LogP contribution in [0.25, 0.3) is 11.3 Å². The summed E-state index contributed by atoms with van der Waals surface area (Å²) in [5.74, 6) is 0.688. The molecule has 2 aromatic rings. The molecule has 2 aliphatic rings. The summed E-state index contributed by atoms with van der Waals surface area (Å²) in [4.78, 5) is 25.7. The summed E-state index contributed by atoms with van der Waals surface area (Å²) < 4.78 is 10.9. The SMILES string of the molecule is CC(C)C(=O)NC[C@H]1CN(c2ccc3c(c2)CCCc2cnoc2-3)C(=O)O1. The molecule has 1 aromatic heterocycles. The van der Waals surface area contributed by atoms with Gasteiger partial charge in [-0.3, -0.25) is 9.69 Å². The fourth-order valence-corrected chi connectivity index (χ4v) is 3.56. The number of aryl methyl sites for hydroxylation is 2. The van der Waals surface area contributed by atoms with E-state index in [2.05, 4.69) is 10.5 Å². The molecule has 7 nitrogen and oxygen atoms in total. The van der Waals surface area contributed by atoms with Crippen molar-refractivity contribution in [1.82, 2.24) is 10.5 Å². The lowest BCUT2D eigenvalue weighted by Gasteiger charge is -2.16. The highest BCUT2D eigenvalue weighted by atomic mass is 16.6. The smallest absolute Gasteiger partial charge is 0.414 e. The van der Waals surface area contributed by atoms with Crippen molar-refractivity contribution in [1.29, 1.82) is 0 Å². The summed E-state index contributed by atoms with van der Waals surface area (Å²) in [6.07, 6.45) is 3.93. The van der Waals surface area contributed by atoms with E-state index in [-0.39, 0.29) is 24.0 Å². The van der Waals surface area contributed by atoms with Gasteiger partial charge in [-0.25, -0.2) is 4.79 Å². The molecular formula is C20H23N3O4. The number of nitrogens with zero attached hydrogens (tertiary/aromatic N) is 2. The fourth-order valence-electron chi connectivity index (χ4n) is 3.56. The van der Waals surface area contributed by atoms with Crippen LogP contribution in [0.3, 0.4) is 0 Å². The van der Waals surface area contributed by atoms with Gasteiger partial charge in [0.1, 0.15) is 6.10 Å². The number of nitrogens with one attached hydrogen (secondary N) is 1. The van der Waals surface area contributed by atoms with Crippen LogP contribution in [0.2, 0.25) is 0 Å². The third-order valence-electron chi connectivity index (χ3n) is 5.08. The maximum Gasteiger partial charge on any atom is 0.414 e. The first-order chi connectivity index (χ1) is 13.0. The Hall–Kier alpha value is -2.83. The monoisotopic (exact) mass is 369 g/mol. The minimum Gasteiger partial charge on any atom is -0.442 e. The largest absolute Gasteiger partial charge is 0.442 e. The van der Waals surface area contributed by atoms with E-state index in [4.69, 9.17) is 9.26 Å². The molecule has 2 amide bonds. The van der Waals surface area contributed by atoms with Crippen molar-refractivity contribution in [3.8, 4) is 11.3 Å². The number of rotatable bonds is 4. The van der Waals surface area contributed by atoms with Crippen molar-refractivity contribution in [3.63, 3.8) is 0 Å². The molecule has 0 radical (unpaired) electrons. The van der Waals surface area contributed by atoms with E-state index in [9.17, 15) is 9.59 Å². The zero-order chi connectivity index (χ0) is 19.0. The zero-order valence-corrected chi connectivity index (χ0v) is 15.5. The average molecular weight is 369 g/mol. The zero-order valence-electron chi connectivity index (χ0n) is 15.5. The van der Waals surface area contributed by atoms with Crippen molar-refractivity contribution >= 4 is 17.7 Å². The van der Waals surface area contributed by atoms with Gasteiger partial charge in [-0.15, -0.1) is 0 Å². The Balaban J connectivity index is 1.51. The number of anilines is 1. The molecule has 0 saturated carbocycles. The standard InChI is InChI=1S/C20H23N3O4/c1-12(2)19(24)21-10-16-11-23(20(25)26-16)15-6-7-17-13(8-15)4-3-5-14-9-22-27-18(14)17/h6-9,12,16H,3-5,10-11H2,1-2H3,(H,21,24)/t16-/m0/s1. The van der Waals surface area contributed by atoms with Crippen LogP contribution in [0, 0.1) is 5.92 Å². The van der Waals surface area contributed by atoms with Crippen LogP contribution in [0.15, 0.2) is 28.9 Å². The Morgan fingerprint density at radius 2 is 2.15 bits per heavy atom. The normalized spacial score (nSPS) is 18.7. The molecule has 0 bridgehead atoms. The van der Waals surface area contributed by atoms with E-state index < -0.39 is 0 Å². The van der Waals surface area contributed by atoms with E-state index in [1.54, 1.807) is 11.1 Å². The van der Waals surface area contributed by atoms with Crippen molar-refractivity contribution in [3.05, 3.63) is 35.5 Å². The highest BCUT2D eigenvalue weighted by Crippen LogP contribution is 2.35. The van der Waals surface area contributed by atoms with Crippen LogP contribution in [-0.4, -0.2) is 36.4 Å². The van der Waals surface area contributed by atoms with Gasteiger partial charge in [0, 0.05) is 22.7 Å². The molecule has 1 atom stereocenters. The number of fused-ring (bicyclic) bond motifs is 3. The van der Waals surface area contributed by atoms with Crippen molar-refractivity contribution in [2.45, 2.75) is 39.2 Å². The first-order valence-electron chi connectivity index (χ1n) is 9.35. The molecule has 1 aliphatic heterocycles. The second kappa shape index (κ2) is 7.06. The fraction of sp³-hybridized carbons (Fsp3) is 0.450. The Morgan fingerprint density at radius 1 is 1.33 bits per heavy atom. The van der Waals surface area contributed by atoms with E-state index in [1.807, 2.05) is 32.0 Å². The van der Waals surface area contributed by atoms with E-state index in [0.29, 0.717) is 13.1 Å². The number of hydrogen-bond donors (Lipinski definition) is 1. The average Bonchev–Trinajstić information content (AvgIpc) is 3.22. The van der Waals surface area contributed by atoms with Crippen molar-refractivity contribution in [2.75, 3.05) is 18.0 Å². The lowest BCUT2D eigenvalue weighted by Crippen LogP contribution is -2.36. The maximum absolute atomic E-state index is 12.3. The predicted octanol–water partition coefficient (Wildman–Crippen LogP) is 2.93. The topological polar surface area (TPSA) is 84.7 Å². The van der Waals surface area contributed by atoms with Crippen LogP contribution in [0.4, 0.5) is 10.5 Å². The van der Waals surface area contributed by atoms with Crippen molar-refractivity contribution < 1.29 is 18.8 Å². The highest BCUT2D eigenvalue weighted by molar-refractivity contribution is 5.90. The maximum atomic E-state index is 12.3. The van der Waals surface area contributed by atoms with Crippen molar-refractivity contribution in [2.24, 2.45) is 5.92 Å². The number of carbonyl (C=O) groups is 2. The molecule has 1 aliphatic carbocycles. The second-order valence-corrected chi connectivity index (χ2v) is 7.39. The number of hydrogen-bond acceptors (Lipinski definition) is 5. The minimum atomic E-state index is -0.382. The summed E-state index contributed by atoms with van der Waals surface area (Å²) in [7, 11) is 0. The van der Waals surface area contributed by atoms with Gasteiger partial charge in [-0.05, 0) is 43.0 Å². The molecule has 27 heavy (non-hydrogen) atoms. The molecule has 7 heteroatoms. The number of amides is 2. The molecule has 142 valence electrons. The Bertz CT molecular complexity index is 874. The summed E-state index contributed by atoms with van der Waals surface area (Å²) >= 11 is 0. The molecule has 0 spiro atoms. The van der Waals surface area contributed by atoms with Crippen LogP contribution in [-0.2, 0) is 22.4 Å². The van der Waals surface area contributed by atoms with Gasteiger partial charge in [0.05, 0.1) is 19.3 Å². The molecule has 4 rings (SSSR count). The number of cyclic esters (lactones) is 1. The highest BCUT2D eigenvalue weighted by Gasteiger charge is 2.33. The van der Waals surface area contributed by atoms with Gasteiger partial charge in [0.2, 0.25) is 5.91 Å². The van der Waals surface area contributed by atoms with E-state index >= 15 is 0 Å². The number of carbonyl (C=O) groups excluding carboxylic acids is 2. The first-order valence-corrected chi connectivity index (χ1v) is 9.35. The van der Waals surface area contributed by atoms with Gasteiger partial charge >= 0.3 is 6.09 Å². The Labute approximate surface area is 157 Å². The minimum absolute atomic E-state index is 0.0441. The first kappa shape index (κ1) is 17.6. The molecule has 0 unspecified atom stereocenters.